The molecular formula is C29H30N8O2. The molecular weight excluding hydrogens is 492 g/mol. The number of furan rings is 1. The monoisotopic (exact) mass is 522 g/mol. The highest BCUT2D eigenvalue weighted by Gasteiger charge is 2.29. The Balaban J connectivity index is 1.20. The first-order chi connectivity index (χ1) is 19.1. The average Bonchev–Trinajstić information content (AvgIpc) is 3.65. The zero-order chi connectivity index (χ0) is 26.6. The lowest BCUT2D eigenvalue weighted by Crippen LogP contribution is -2.47. The summed E-state index contributed by atoms with van der Waals surface area (Å²) in [6.07, 6.45) is 5.03. The molecule has 4 heterocycles. The van der Waals surface area contributed by atoms with Crippen LogP contribution in [0, 0.1) is 5.92 Å². The van der Waals surface area contributed by atoms with E-state index in [0.29, 0.717) is 23.9 Å². The maximum Gasteiger partial charge on any atom is 0.259 e. The number of hydrogen-bond donors (Lipinski definition) is 2. The molecule has 0 spiro atoms. The molecule has 5 aromatic rings. The minimum absolute atomic E-state index is 0.0248. The van der Waals surface area contributed by atoms with E-state index in [1.807, 2.05) is 41.3 Å². The second-order valence-electron chi connectivity index (χ2n) is 9.87. The van der Waals surface area contributed by atoms with E-state index in [2.05, 4.69) is 49.6 Å². The van der Waals surface area contributed by atoms with Gasteiger partial charge in [-0.1, -0.05) is 60.7 Å². The van der Waals surface area contributed by atoms with Crippen LogP contribution >= 0.6 is 0 Å². The Bertz CT molecular complexity index is 1530. The van der Waals surface area contributed by atoms with Crippen LogP contribution in [-0.2, 0) is 17.6 Å². The highest BCUT2D eigenvalue weighted by Crippen LogP contribution is 2.24. The molecule has 0 unspecified atom stereocenters. The predicted octanol–water partition coefficient (Wildman–Crippen LogP) is 3.87. The van der Waals surface area contributed by atoms with Crippen molar-refractivity contribution in [3.05, 3.63) is 90.2 Å². The van der Waals surface area contributed by atoms with Gasteiger partial charge in [0.05, 0.1) is 6.26 Å². The first-order valence-corrected chi connectivity index (χ1v) is 13.2. The largest absolute Gasteiger partial charge is 0.461 e. The third-order valence-corrected chi connectivity index (χ3v) is 7.15. The number of nitrogens with two attached hydrogens (primary N) is 1. The van der Waals surface area contributed by atoms with Crippen molar-refractivity contribution in [3.63, 3.8) is 0 Å². The van der Waals surface area contributed by atoms with E-state index in [1.54, 1.807) is 18.4 Å². The first kappa shape index (κ1) is 24.6. The van der Waals surface area contributed by atoms with Crippen LogP contribution < -0.4 is 11.1 Å². The Hall–Kier alpha value is -4.73. The number of fused-ring (bicyclic) bond motifs is 1. The van der Waals surface area contributed by atoms with Gasteiger partial charge in [0.25, 0.3) is 5.78 Å². The van der Waals surface area contributed by atoms with Crippen LogP contribution in [0.4, 0.5) is 11.9 Å². The van der Waals surface area contributed by atoms with Gasteiger partial charge < -0.3 is 20.4 Å². The number of likely N-dealkylation sites (tertiary alicyclic amines) is 1. The molecule has 0 saturated carbocycles. The van der Waals surface area contributed by atoms with Crippen molar-refractivity contribution >= 4 is 23.6 Å². The minimum Gasteiger partial charge on any atom is -0.461 e. The van der Waals surface area contributed by atoms with E-state index in [9.17, 15) is 4.79 Å². The normalized spacial score (nSPS) is 14.9. The molecule has 3 aromatic heterocycles. The SMILES string of the molecule is Nc1nc(N[C@@H](Cc2ccccc2)C(=O)N2CCC(Cc3ccccc3)CC2)nc2nc(-c3ccco3)nn12. The summed E-state index contributed by atoms with van der Waals surface area (Å²) in [6.45, 7) is 1.45. The van der Waals surface area contributed by atoms with Crippen molar-refractivity contribution in [1.82, 2.24) is 29.5 Å². The van der Waals surface area contributed by atoms with Crippen LogP contribution in [0.1, 0.15) is 24.0 Å². The first-order valence-electron chi connectivity index (χ1n) is 13.2. The molecule has 10 nitrogen and oxygen atoms in total. The van der Waals surface area contributed by atoms with Gasteiger partial charge in [-0.05, 0) is 48.4 Å². The number of carbonyl (C=O) groups is 1. The number of anilines is 2. The summed E-state index contributed by atoms with van der Waals surface area (Å²) in [5.74, 6) is 2.06. The number of hydrogen-bond acceptors (Lipinski definition) is 8. The van der Waals surface area contributed by atoms with Crippen molar-refractivity contribution in [3.8, 4) is 11.6 Å². The smallest absolute Gasteiger partial charge is 0.259 e. The molecule has 2 aromatic carbocycles. The highest BCUT2D eigenvalue weighted by molar-refractivity contribution is 5.84. The molecule has 10 heteroatoms. The topological polar surface area (TPSA) is 127 Å². The quantitative estimate of drug-likeness (QED) is 0.314. The number of nitrogens with one attached hydrogen (secondary N) is 1. The average molecular weight is 523 g/mol. The number of aromatic nitrogens is 5. The van der Waals surface area contributed by atoms with Gasteiger partial charge in [-0.2, -0.15) is 19.5 Å². The molecule has 39 heavy (non-hydrogen) atoms. The molecule has 1 fully saturated rings. The van der Waals surface area contributed by atoms with Crippen LogP contribution in [0.15, 0.2) is 83.5 Å². The van der Waals surface area contributed by atoms with Crippen molar-refractivity contribution in [2.75, 3.05) is 24.1 Å². The van der Waals surface area contributed by atoms with Crippen LogP contribution in [0.5, 0.6) is 0 Å². The molecule has 1 saturated heterocycles. The van der Waals surface area contributed by atoms with Gasteiger partial charge in [-0.15, -0.1) is 5.10 Å². The molecule has 198 valence electrons. The zero-order valence-corrected chi connectivity index (χ0v) is 21.5. The summed E-state index contributed by atoms with van der Waals surface area (Å²) in [4.78, 5) is 29.1. The van der Waals surface area contributed by atoms with E-state index in [4.69, 9.17) is 10.2 Å². The molecule has 3 N–H and O–H groups in total. The van der Waals surface area contributed by atoms with Gasteiger partial charge in [0.1, 0.15) is 6.04 Å². The lowest BCUT2D eigenvalue weighted by atomic mass is 9.90. The third-order valence-electron chi connectivity index (χ3n) is 7.15. The van der Waals surface area contributed by atoms with Crippen molar-refractivity contribution in [2.45, 2.75) is 31.7 Å². The fraction of sp³-hybridized carbons (Fsp3) is 0.276. The van der Waals surface area contributed by atoms with Crippen LogP contribution in [0.3, 0.4) is 0 Å². The fourth-order valence-electron chi connectivity index (χ4n) is 5.11. The van der Waals surface area contributed by atoms with E-state index in [0.717, 1.165) is 37.9 Å². The van der Waals surface area contributed by atoms with Gasteiger partial charge >= 0.3 is 0 Å². The summed E-state index contributed by atoms with van der Waals surface area (Å²) in [5.41, 5.74) is 8.58. The molecule has 6 rings (SSSR count). The molecule has 1 aliphatic rings. The summed E-state index contributed by atoms with van der Waals surface area (Å²) in [5, 5.41) is 7.60. The summed E-state index contributed by atoms with van der Waals surface area (Å²) < 4.78 is 6.75. The fourth-order valence-corrected chi connectivity index (χ4v) is 5.11. The maximum absolute atomic E-state index is 13.8. The lowest BCUT2D eigenvalue weighted by molar-refractivity contribution is -0.133. The predicted molar refractivity (Wildman–Crippen MR) is 148 cm³/mol. The van der Waals surface area contributed by atoms with Gasteiger partial charge in [-0.3, -0.25) is 4.79 Å². The standard InChI is InChI=1S/C29H30N8O2/c30-27-33-28(34-29-32-25(35-37(27)29)24-12-7-17-39-24)31-23(19-21-10-5-2-6-11-21)26(38)36-15-13-22(14-16-36)18-20-8-3-1-4-9-20/h1-12,17,22-23H,13-16,18-19H2,(H3,30,31,32,33,34,35)/t23-/m0/s1. The number of piperidine rings is 1. The number of carbonyl (C=O) groups excluding carboxylic acids is 1. The van der Waals surface area contributed by atoms with Crippen molar-refractivity contribution in [1.29, 1.82) is 0 Å². The molecule has 0 aliphatic carbocycles. The Labute approximate surface area is 225 Å². The van der Waals surface area contributed by atoms with Gasteiger partial charge in [0, 0.05) is 19.5 Å². The lowest BCUT2D eigenvalue weighted by Gasteiger charge is -2.34. The Morgan fingerprint density at radius 3 is 2.36 bits per heavy atom. The van der Waals surface area contributed by atoms with Crippen LogP contribution in [-0.4, -0.2) is 54.5 Å². The summed E-state index contributed by atoms with van der Waals surface area (Å²) in [7, 11) is 0. The summed E-state index contributed by atoms with van der Waals surface area (Å²) in [6, 6.07) is 23.4. The third kappa shape index (κ3) is 5.59. The maximum atomic E-state index is 13.8. The number of nitrogen functional groups attached to an aromatic ring is 1. The van der Waals surface area contributed by atoms with Crippen molar-refractivity contribution < 1.29 is 9.21 Å². The summed E-state index contributed by atoms with van der Waals surface area (Å²) >= 11 is 0. The molecule has 1 aliphatic heterocycles. The Kier molecular flexibility index (Phi) is 6.90. The highest BCUT2D eigenvalue weighted by atomic mass is 16.3. The number of benzene rings is 2. The molecule has 0 bridgehead atoms. The second kappa shape index (κ2) is 10.9. The van der Waals surface area contributed by atoms with E-state index in [1.165, 1.54) is 10.1 Å². The van der Waals surface area contributed by atoms with Crippen LogP contribution in [0.2, 0.25) is 0 Å². The second-order valence-corrected chi connectivity index (χ2v) is 9.87. The van der Waals surface area contributed by atoms with Gasteiger partial charge in [-0.25, -0.2) is 0 Å². The molecule has 1 amide bonds. The number of amides is 1. The number of nitrogens with zero attached hydrogens (tertiary/aromatic N) is 6. The molecule has 1 atom stereocenters. The Morgan fingerprint density at radius 1 is 0.949 bits per heavy atom. The van der Waals surface area contributed by atoms with E-state index >= 15 is 0 Å². The molecule has 0 radical (unpaired) electrons. The Morgan fingerprint density at radius 2 is 1.67 bits per heavy atom. The minimum atomic E-state index is -0.563. The van der Waals surface area contributed by atoms with Crippen LogP contribution in [0.25, 0.3) is 17.4 Å². The van der Waals surface area contributed by atoms with E-state index in [-0.39, 0.29) is 23.6 Å². The zero-order valence-electron chi connectivity index (χ0n) is 21.5. The van der Waals surface area contributed by atoms with E-state index < -0.39 is 6.04 Å². The number of rotatable bonds is 8. The van der Waals surface area contributed by atoms with Gasteiger partial charge in [0.2, 0.25) is 23.6 Å². The van der Waals surface area contributed by atoms with Crippen molar-refractivity contribution in [2.24, 2.45) is 5.92 Å². The van der Waals surface area contributed by atoms with Gasteiger partial charge in [0.15, 0.2) is 5.76 Å².